The van der Waals surface area contributed by atoms with Gasteiger partial charge < -0.3 is 9.64 Å². The summed E-state index contributed by atoms with van der Waals surface area (Å²) in [7, 11) is 2.15. The van der Waals surface area contributed by atoms with Gasteiger partial charge in [-0.25, -0.2) is 9.18 Å². The molecule has 0 N–H and O–H groups in total. The zero-order valence-electron chi connectivity index (χ0n) is 12.2. The van der Waals surface area contributed by atoms with Gasteiger partial charge in [0, 0.05) is 24.9 Å². The van der Waals surface area contributed by atoms with Crippen molar-refractivity contribution < 1.29 is 13.9 Å². The minimum atomic E-state index is -0.393. The topological polar surface area (TPSA) is 29.5 Å². The Morgan fingerprint density at radius 3 is 2.38 bits per heavy atom. The maximum absolute atomic E-state index is 12.9. The van der Waals surface area contributed by atoms with E-state index < -0.39 is 5.97 Å². The van der Waals surface area contributed by atoms with Crippen LogP contribution in [0.15, 0.2) is 30.8 Å². The van der Waals surface area contributed by atoms with Crippen LogP contribution in [0, 0.1) is 5.82 Å². The summed E-state index contributed by atoms with van der Waals surface area (Å²) in [4.78, 5) is 14.6. The van der Waals surface area contributed by atoms with Gasteiger partial charge in [-0.15, -0.1) is 0 Å². The van der Waals surface area contributed by atoms with Gasteiger partial charge in [0.2, 0.25) is 0 Å². The Balaban J connectivity index is 1.61. The van der Waals surface area contributed by atoms with Crippen molar-refractivity contribution in [2.45, 2.75) is 43.9 Å². The number of hydrogen-bond donors (Lipinski definition) is 0. The summed E-state index contributed by atoms with van der Waals surface area (Å²) in [6.07, 6.45) is 4.15. The molecule has 1 aromatic rings. The maximum atomic E-state index is 12.9. The van der Waals surface area contributed by atoms with Gasteiger partial charge in [-0.1, -0.05) is 18.7 Å². The SMILES string of the molecule is C=C(C(=O)OC1CC2CCC(C1)N2C)c1ccc(F)cc1. The first kappa shape index (κ1) is 14.3. The average Bonchev–Trinajstić information content (AvgIpc) is 2.69. The lowest BCUT2D eigenvalue weighted by Crippen LogP contribution is -2.43. The van der Waals surface area contributed by atoms with E-state index in [4.69, 9.17) is 4.74 Å². The number of carbonyl (C=O) groups is 1. The van der Waals surface area contributed by atoms with E-state index in [9.17, 15) is 9.18 Å². The Labute approximate surface area is 124 Å². The molecule has 2 aliphatic heterocycles. The highest BCUT2D eigenvalue weighted by Gasteiger charge is 2.40. The Morgan fingerprint density at radius 1 is 1.24 bits per heavy atom. The van der Waals surface area contributed by atoms with Crippen LogP contribution in [0.1, 0.15) is 31.2 Å². The number of rotatable bonds is 3. The van der Waals surface area contributed by atoms with Crippen LogP contribution in [-0.2, 0) is 9.53 Å². The van der Waals surface area contributed by atoms with Crippen molar-refractivity contribution >= 4 is 11.5 Å². The van der Waals surface area contributed by atoms with Gasteiger partial charge in [0.05, 0.1) is 5.57 Å². The van der Waals surface area contributed by atoms with Gasteiger partial charge in [0.1, 0.15) is 11.9 Å². The molecule has 3 rings (SSSR count). The lowest BCUT2D eigenvalue weighted by molar-refractivity contribution is -0.145. The number of ether oxygens (including phenoxy) is 1. The smallest absolute Gasteiger partial charge is 0.338 e. The van der Waals surface area contributed by atoms with Crippen molar-refractivity contribution in [3.8, 4) is 0 Å². The Bertz CT molecular complexity index is 540. The van der Waals surface area contributed by atoms with Crippen LogP contribution in [0.25, 0.3) is 5.57 Å². The van der Waals surface area contributed by atoms with E-state index in [0.29, 0.717) is 23.2 Å². The van der Waals surface area contributed by atoms with Crippen LogP contribution in [0.4, 0.5) is 4.39 Å². The van der Waals surface area contributed by atoms with Gasteiger partial charge in [-0.3, -0.25) is 0 Å². The van der Waals surface area contributed by atoms with Crippen molar-refractivity contribution in [1.29, 1.82) is 0 Å². The maximum Gasteiger partial charge on any atom is 0.338 e. The monoisotopic (exact) mass is 289 g/mol. The first-order valence-electron chi connectivity index (χ1n) is 7.42. The molecule has 0 radical (unpaired) electrons. The quantitative estimate of drug-likeness (QED) is 0.633. The Hall–Kier alpha value is -1.68. The molecule has 2 atom stereocenters. The molecule has 0 amide bonds. The zero-order valence-corrected chi connectivity index (χ0v) is 12.2. The first-order chi connectivity index (χ1) is 10.0. The van der Waals surface area contributed by atoms with Crippen LogP contribution < -0.4 is 0 Å². The first-order valence-corrected chi connectivity index (χ1v) is 7.42. The van der Waals surface area contributed by atoms with Gasteiger partial charge in [-0.2, -0.15) is 0 Å². The van der Waals surface area contributed by atoms with E-state index in [-0.39, 0.29) is 11.9 Å². The normalized spacial score (nSPS) is 28.4. The predicted octanol–water partition coefficient (Wildman–Crippen LogP) is 3.01. The largest absolute Gasteiger partial charge is 0.459 e. The second-order valence-corrected chi connectivity index (χ2v) is 6.03. The van der Waals surface area contributed by atoms with E-state index in [1.165, 1.54) is 25.0 Å². The van der Waals surface area contributed by atoms with Gasteiger partial charge in [0.15, 0.2) is 0 Å². The lowest BCUT2D eigenvalue weighted by atomic mass is 10.0. The number of esters is 1. The van der Waals surface area contributed by atoms with Crippen molar-refractivity contribution in [1.82, 2.24) is 4.90 Å². The molecular formula is C17H20FNO2. The number of benzene rings is 1. The summed E-state index contributed by atoms with van der Waals surface area (Å²) in [5.74, 6) is -0.720. The van der Waals surface area contributed by atoms with Crippen molar-refractivity contribution in [3.63, 3.8) is 0 Å². The van der Waals surface area contributed by atoms with Crippen LogP contribution >= 0.6 is 0 Å². The molecular weight excluding hydrogens is 269 g/mol. The number of carbonyl (C=O) groups excluding carboxylic acids is 1. The molecule has 2 saturated heterocycles. The Morgan fingerprint density at radius 2 is 1.81 bits per heavy atom. The number of piperidine rings is 1. The molecule has 0 saturated carbocycles. The van der Waals surface area contributed by atoms with Crippen molar-refractivity contribution in [3.05, 3.63) is 42.2 Å². The summed E-state index contributed by atoms with van der Waals surface area (Å²) < 4.78 is 18.5. The standard InChI is InChI=1S/C17H20FNO2/c1-11(12-3-5-13(18)6-4-12)17(20)21-16-9-14-7-8-15(10-16)19(14)2/h3-6,14-16H,1,7-10H2,2H3. The molecule has 21 heavy (non-hydrogen) atoms. The molecule has 2 aliphatic rings. The van der Waals surface area contributed by atoms with Crippen LogP contribution in [-0.4, -0.2) is 36.1 Å². The molecule has 2 bridgehead atoms. The second kappa shape index (κ2) is 5.60. The summed E-state index contributed by atoms with van der Waals surface area (Å²) in [5, 5.41) is 0. The fraction of sp³-hybridized carbons (Fsp3) is 0.471. The zero-order chi connectivity index (χ0) is 15.0. The molecule has 3 nitrogen and oxygen atoms in total. The van der Waals surface area contributed by atoms with Crippen LogP contribution in [0.5, 0.6) is 0 Å². The fourth-order valence-electron chi connectivity index (χ4n) is 3.45. The molecule has 0 spiro atoms. The number of fused-ring (bicyclic) bond motifs is 2. The number of nitrogens with zero attached hydrogens (tertiary/aromatic N) is 1. The molecule has 0 aliphatic carbocycles. The summed E-state index contributed by atoms with van der Waals surface area (Å²) >= 11 is 0. The average molecular weight is 289 g/mol. The third kappa shape index (κ3) is 2.86. The lowest BCUT2D eigenvalue weighted by Gasteiger charge is -2.35. The highest BCUT2D eigenvalue weighted by Crippen LogP contribution is 2.35. The van der Waals surface area contributed by atoms with E-state index >= 15 is 0 Å². The highest BCUT2D eigenvalue weighted by atomic mass is 19.1. The summed E-state index contributed by atoms with van der Waals surface area (Å²) in [6.45, 7) is 3.78. The van der Waals surface area contributed by atoms with E-state index in [1.54, 1.807) is 12.1 Å². The summed E-state index contributed by atoms with van der Waals surface area (Å²) in [6, 6.07) is 6.81. The van der Waals surface area contributed by atoms with E-state index in [2.05, 4.69) is 18.5 Å². The van der Waals surface area contributed by atoms with Crippen molar-refractivity contribution in [2.75, 3.05) is 7.05 Å². The molecule has 2 unspecified atom stereocenters. The van der Waals surface area contributed by atoms with E-state index in [0.717, 1.165) is 12.8 Å². The van der Waals surface area contributed by atoms with Gasteiger partial charge in [0.25, 0.3) is 0 Å². The van der Waals surface area contributed by atoms with Crippen LogP contribution in [0.2, 0.25) is 0 Å². The minimum absolute atomic E-state index is 0.0246. The molecule has 4 heteroatoms. The van der Waals surface area contributed by atoms with Crippen LogP contribution in [0.3, 0.4) is 0 Å². The summed E-state index contributed by atoms with van der Waals surface area (Å²) in [5.41, 5.74) is 0.901. The molecule has 1 aromatic carbocycles. The molecule has 2 heterocycles. The van der Waals surface area contributed by atoms with Gasteiger partial charge >= 0.3 is 5.97 Å². The second-order valence-electron chi connectivity index (χ2n) is 6.03. The fourth-order valence-corrected chi connectivity index (χ4v) is 3.45. The van der Waals surface area contributed by atoms with E-state index in [1.807, 2.05) is 0 Å². The Kier molecular flexibility index (Phi) is 3.81. The predicted molar refractivity (Wildman–Crippen MR) is 79.1 cm³/mol. The molecule has 0 aromatic heterocycles. The third-order valence-corrected chi connectivity index (χ3v) is 4.77. The van der Waals surface area contributed by atoms with Crippen molar-refractivity contribution in [2.24, 2.45) is 0 Å². The third-order valence-electron chi connectivity index (χ3n) is 4.77. The highest BCUT2D eigenvalue weighted by molar-refractivity contribution is 6.15. The number of hydrogen-bond acceptors (Lipinski definition) is 3. The molecule has 112 valence electrons. The minimum Gasteiger partial charge on any atom is -0.459 e. The number of halogens is 1. The molecule has 2 fully saturated rings. The van der Waals surface area contributed by atoms with Gasteiger partial charge in [-0.05, 0) is 37.6 Å².